The van der Waals surface area contributed by atoms with E-state index >= 15 is 0 Å². The molecule has 0 aliphatic heterocycles. The van der Waals surface area contributed by atoms with E-state index in [4.69, 9.17) is 0 Å². The third kappa shape index (κ3) is 6.84. The number of hydrogen-bond donors (Lipinski definition) is 2. The fourth-order valence-electron chi connectivity index (χ4n) is 3.33. The second kappa shape index (κ2) is 9.54. The molecule has 0 radical (unpaired) electrons. The average Bonchev–Trinajstić information content (AvgIpc) is 2.65. The third-order valence-corrected chi connectivity index (χ3v) is 5.24. The zero-order chi connectivity index (χ0) is 23.4. The Hall–Kier alpha value is -2.82. The van der Waals surface area contributed by atoms with Crippen LogP contribution in [0, 0.1) is 0 Å². The third-order valence-electron chi connectivity index (χ3n) is 5.24. The van der Waals surface area contributed by atoms with Crippen LogP contribution in [0.5, 0.6) is 5.75 Å². The Morgan fingerprint density at radius 2 is 1.52 bits per heavy atom. The van der Waals surface area contributed by atoms with Crippen LogP contribution in [-0.2, 0) is 22.0 Å². The standard InChI is InChI=1S/C26H37N3O2/c1-25(2,3)21-15-19(16-22(24(21)31)26(4,5)6)11-14-23(30)28-27-17-18-9-12-20(13-10-18)29(7)8/h9-10,12-13,15-17,31H,11,14H2,1-8H3,(H,28,30)/b27-17+. The minimum absolute atomic E-state index is 0.135. The molecule has 0 aliphatic rings. The van der Waals surface area contributed by atoms with Crippen LogP contribution in [0.3, 0.4) is 0 Å². The molecule has 2 aromatic carbocycles. The second-order valence-electron chi connectivity index (χ2n) is 10.3. The first kappa shape index (κ1) is 24.4. The number of nitrogens with zero attached hydrogens (tertiary/aromatic N) is 2. The van der Waals surface area contributed by atoms with Gasteiger partial charge in [-0.05, 0) is 51.6 Å². The van der Waals surface area contributed by atoms with Crippen LogP contribution in [-0.4, -0.2) is 31.3 Å². The molecule has 0 unspecified atom stereocenters. The lowest BCUT2D eigenvalue weighted by molar-refractivity contribution is -0.121. The van der Waals surface area contributed by atoms with Crippen molar-refractivity contribution in [3.05, 3.63) is 58.7 Å². The summed E-state index contributed by atoms with van der Waals surface area (Å²) in [6.07, 6.45) is 2.56. The smallest absolute Gasteiger partial charge is 0.240 e. The Bertz CT molecular complexity index is 896. The van der Waals surface area contributed by atoms with Crippen LogP contribution in [0.25, 0.3) is 0 Å². The Labute approximate surface area is 187 Å². The minimum Gasteiger partial charge on any atom is -0.507 e. The monoisotopic (exact) mass is 423 g/mol. The van der Waals surface area contributed by atoms with Gasteiger partial charge in [-0.3, -0.25) is 4.79 Å². The Morgan fingerprint density at radius 1 is 1.00 bits per heavy atom. The molecule has 0 fully saturated rings. The molecule has 2 N–H and O–H groups in total. The first-order chi connectivity index (χ1) is 14.3. The maximum Gasteiger partial charge on any atom is 0.240 e. The molecule has 168 valence electrons. The fourth-order valence-corrected chi connectivity index (χ4v) is 3.33. The van der Waals surface area contributed by atoms with Gasteiger partial charge in [0.2, 0.25) is 5.91 Å². The summed E-state index contributed by atoms with van der Waals surface area (Å²) >= 11 is 0. The first-order valence-electron chi connectivity index (χ1n) is 10.7. The highest BCUT2D eigenvalue weighted by atomic mass is 16.3. The molecule has 0 bridgehead atoms. The number of aromatic hydroxyl groups is 1. The number of rotatable bonds is 6. The van der Waals surface area contributed by atoms with Crippen LogP contribution in [0.4, 0.5) is 5.69 Å². The van der Waals surface area contributed by atoms with Gasteiger partial charge in [-0.1, -0.05) is 65.8 Å². The van der Waals surface area contributed by atoms with Crippen molar-refractivity contribution in [3.8, 4) is 5.75 Å². The number of phenolic OH excluding ortho intramolecular Hbond substituents is 1. The van der Waals surface area contributed by atoms with Gasteiger partial charge in [0.05, 0.1) is 6.21 Å². The molecule has 5 heteroatoms. The number of nitrogens with one attached hydrogen (secondary N) is 1. The number of anilines is 1. The van der Waals surface area contributed by atoms with Gasteiger partial charge in [-0.15, -0.1) is 0 Å². The van der Waals surface area contributed by atoms with Gasteiger partial charge in [0.25, 0.3) is 0 Å². The number of phenols is 1. The van der Waals surface area contributed by atoms with Crippen molar-refractivity contribution >= 4 is 17.8 Å². The van der Waals surface area contributed by atoms with E-state index in [1.54, 1.807) is 6.21 Å². The number of benzene rings is 2. The van der Waals surface area contributed by atoms with Crippen molar-refractivity contribution in [3.63, 3.8) is 0 Å². The van der Waals surface area contributed by atoms with Crippen molar-refractivity contribution in [1.29, 1.82) is 0 Å². The van der Waals surface area contributed by atoms with Crippen LogP contribution < -0.4 is 10.3 Å². The van der Waals surface area contributed by atoms with Gasteiger partial charge in [-0.25, -0.2) is 5.43 Å². The van der Waals surface area contributed by atoms with Crippen molar-refractivity contribution in [2.24, 2.45) is 5.10 Å². The second-order valence-corrected chi connectivity index (χ2v) is 10.3. The van der Waals surface area contributed by atoms with E-state index in [0.29, 0.717) is 18.6 Å². The van der Waals surface area contributed by atoms with Gasteiger partial charge in [0.15, 0.2) is 0 Å². The molecule has 0 heterocycles. The number of hydrogen-bond acceptors (Lipinski definition) is 4. The van der Waals surface area contributed by atoms with Crippen molar-refractivity contribution < 1.29 is 9.90 Å². The van der Waals surface area contributed by atoms with E-state index < -0.39 is 0 Å². The number of aryl methyl sites for hydroxylation is 1. The Morgan fingerprint density at radius 3 is 1.97 bits per heavy atom. The molecule has 1 amide bonds. The summed E-state index contributed by atoms with van der Waals surface area (Å²) in [4.78, 5) is 14.3. The Balaban J connectivity index is 2.05. The lowest BCUT2D eigenvalue weighted by Crippen LogP contribution is -2.20. The molecule has 5 nitrogen and oxygen atoms in total. The number of carbonyl (C=O) groups is 1. The minimum atomic E-state index is -0.186. The summed E-state index contributed by atoms with van der Waals surface area (Å²) in [5.74, 6) is 0.224. The van der Waals surface area contributed by atoms with Crippen molar-refractivity contribution in [2.75, 3.05) is 19.0 Å². The van der Waals surface area contributed by atoms with Gasteiger partial charge < -0.3 is 10.0 Å². The largest absolute Gasteiger partial charge is 0.507 e. The van der Waals surface area contributed by atoms with Gasteiger partial charge in [0.1, 0.15) is 5.75 Å². The summed E-state index contributed by atoms with van der Waals surface area (Å²) < 4.78 is 0. The summed E-state index contributed by atoms with van der Waals surface area (Å²) in [5.41, 5.74) is 7.15. The summed E-state index contributed by atoms with van der Waals surface area (Å²) in [7, 11) is 3.98. The zero-order valence-electron chi connectivity index (χ0n) is 20.2. The maximum absolute atomic E-state index is 12.3. The van der Waals surface area contributed by atoms with Crippen LogP contribution in [0.1, 0.15) is 70.2 Å². The molecule has 2 rings (SSSR count). The van der Waals surface area contributed by atoms with E-state index in [-0.39, 0.29) is 16.7 Å². The molecule has 0 spiro atoms. The molecule has 0 aromatic heterocycles. The molecule has 0 atom stereocenters. The molecule has 0 aliphatic carbocycles. The number of hydrazone groups is 1. The van der Waals surface area contributed by atoms with E-state index in [1.807, 2.05) is 55.4 Å². The molecule has 2 aromatic rings. The molecule has 31 heavy (non-hydrogen) atoms. The fraction of sp³-hybridized carbons (Fsp3) is 0.462. The quantitative estimate of drug-likeness (QED) is 0.500. The Kier molecular flexibility index (Phi) is 7.53. The van der Waals surface area contributed by atoms with Gasteiger partial charge in [-0.2, -0.15) is 5.10 Å². The van der Waals surface area contributed by atoms with Crippen LogP contribution in [0.2, 0.25) is 0 Å². The SMILES string of the molecule is CN(C)c1ccc(/C=N/NC(=O)CCc2cc(C(C)(C)C)c(O)c(C(C)(C)C)c2)cc1. The maximum atomic E-state index is 12.3. The number of carbonyl (C=O) groups excluding carboxylic acids is 1. The summed E-state index contributed by atoms with van der Waals surface area (Å²) in [6, 6.07) is 12.0. The van der Waals surface area contributed by atoms with Crippen LogP contribution in [0.15, 0.2) is 41.5 Å². The van der Waals surface area contributed by atoms with Crippen LogP contribution >= 0.6 is 0 Å². The molecule has 0 saturated heterocycles. The van der Waals surface area contributed by atoms with Gasteiger partial charge >= 0.3 is 0 Å². The zero-order valence-corrected chi connectivity index (χ0v) is 20.2. The van der Waals surface area contributed by atoms with E-state index in [9.17, 15) is 9.90 Å². The molecule has 0 saturated carbocycles. The van der Waals surface area contributed by atoms with E-state index in [1.165, 1.54) is 0 Å². The highest BCUT2D eigenvalue weighted by molar-refractivity contribution is 5.83. The lowest BCUT2D eigenvalue weighted by atomic mass is 9.78. The van der Waals surface area contributed by atoms with Crippen molar-refractivity contribution in [2.45, 2.75) is 65.2 Å². The lowest BCUT2D eigenvalue weighted by Gasteiger charge is -2.28. The predicted octanol–water partition coefficient (Wildman–Crippen LogP) is 5.14. The molecular formula is C26H37N3O2. The average molecular weight is 424 g/mol. The predicted molar refractivity (Wildman–Crippen MR) is 130 cm³/mol. The topological polar surface area (TPSA) is 64.9 Å². The summed E-state index contributed by atoms with van der Waals surface area (Å²) in [6.45, 7) is 12.5. The van der Waals surface area contributed by atoms with Crippen molar-refractivity contribution in [1.82, 2.24) is 5.43 Å². The summed E-state index contributed by atoms with van der Waals surface area (Å²) in [5, 5.41) is 14.9. The normalized spacial score (nSPS) is 12.3. The first-order valence-corrected chi connectivity index (χ1v) is 10.7. The van der Waals surface area contributed by atoms with Gasteiger partial charge in [0, 0.05) is 26.2 Å². The highest BCUT2D eigenvalue weighted by Crippen LogP contribution is 2.39. The van der Waals surface area contributed by atoms with E-state index in [0.717, 1.165) is 27.9 Å². The van der Waals surface area contributed by atoms with E-state index in [2.05, 4.69) is 52.1 Å². The molecular weight excluding hydrogens is 386 g/mol. The highest BCUT2D eigenvalue weighted by Gasteiger charge is 2.26. The number of amides is 1.